The molecule has 3 heterocycles. The van der Waals surface area contributed by atoms with Crippen LogP contribution in [0.25, 0.3) is 5.82 Å². The molecule has 0 unspecified atom stereocenters. The van der Waals surface area contributed by atoms with Gasteiger partial charge in [0, 0.05) is 47.0 Å². The number of sulfonamides is 1. The second kappa shape index (κ2) is 9.25. The Bertz CT molecular complexity index is 1320. The van der Waals surface area contributed by atoms with Crippen LogP contribution >= 0.6 is 23.2 Å². The van der Waals surface area contributed by atoms with Gasteiger partial charge in [0.1, 0.15) is 4.90 Å². The topological polar surface area (TPSA) is 88.1 Å². The summed E-state index contributed by atoms with van der Waals surface area (Å²) in [6.45, 7) is 6.93. The van der Waals surface area contributed by atoms with E-state index in [4.69, 9.17) is 23.2 Å². The van der Waals surface area contributed by atoms with Gasteiger partial charge in [-0.05, 0) is 55.0 Å². The van der Waals surface area contributed by atoms with Crippen LogP contribution in [0.2, 0.25) is 10.0 Å². The molecule has 0 spiro atoms. The molecule has 1 aliphatic heterocycles. The number of aromatic amines is 1. The lowest BCUT2D eigenvalue weighted by Gasteiger charge is -2.33. The molecule has 2 atom stereocenters. The third kappa shape index (κ3) is 4.89. The van der Waals surface area contributed by atoms with Crippen LogP contribution in [0.15, 0.2) is 46.2 Å². The lowest BCUT2D eigenvalue weighted by Crippen LogP contribution is -2.42. The molecule has 3 aromatic rings. The highest BCUT2D eigenvalue weighted by atomic mass is 35.5. The van der Waals surface area contributed by atoms with Crippen LogP contribution in [-0.2, 0) is 16.4 Å². The molecule has 1 aromatic carbocycles. The van der Waals surface area contributed by atoms with Gasteiger partial charge >= 0.3 is 0 Å². The highest BCUT2D eigenvalue weighted by molar-refractivity contribution is 7.89. The normalized spacial score (nSPS) is 19.7. The standard InChI is InChI=1S/C23H26Cl2N4O3S/c1-14-8-15(2)13-28(12-14)33(31,32)19-6-7-22(26-11-19)29-23(30)20(16(3)27-29)9-17-4-5-18(24)10-21(17)25/h4-7,10-11,14-15,27H,8-9,12-13H2,1-3H3/t14-,15+. The maximum atomic E-state index is 13.1. The van der Waals surface area contributed by atoms with Gasteiger partial charge in [0.15, 0.2) is 5.82 Å². The smallest absolute Gasteiger partial charge is 0.276 e. The Labute approximate surface area is 203 Å². The number of pyridine rings is 1. The van der Waals surface area contributed by atoms with Crippen LogP contribution in [0.3, 0.4) is 0 Å². The van der Waals surface area contributed by atoms with E-state index < -0.39 is 10.0 Å². The van der Waals surface area contributed by atoms with E-state index in [1.54, 1.807) is 31.2 Å². The van der Waals surface area contributed by atoms with E-state index in [1.807, 2.05) is 0 Å². The monoisotopic (exact) mass is 508 g/mol. The lowest BCUT2D eigenvalue weighted by atomic mass is 9.94. The third-order valence-electron chi connectivity index (χ3n) is 6.00. The molecule has 176 valence electrons. The molecule has 0 amide bonds. The van der Waals surface area contributed by atoms with E-state index in [2.05, 4.69) is 23.9 Å². The first-order chi connectivity index (χ1) is 15.6. The van der Waals surface area contributed by atoms with Gasteiger partial charge in [-0.25, -0.2) is 18.1 Å². The van der Waals surface area contributed by atoms with E-state index in [0.717, 1.165) is 12.0 Å². The van der Waals surface area contributed by atoms with Crippen molar-refractivity contribution in [2.45, 2.75) is 38.5 Å². The van der Waals surface area contributed by atoms with Crippen LogP contribution in [0.4, 0.5) is 0 Å². The molecule has 0 saturated carbocycles. The van der Waals surface area contributed by atoms with Crippen molar-refractivity contribution < 1.29 is 8.42 Å². The minimum atomic E-state index is -3.64. The Balaban J connectivity index is 1.61. The number of benzene rings is 1. The molecule has 0 radical (unpaired) electrons. The summed E-state index contributed by atoms with van der Waals surface area (Å²) in [6, 6.07) is 8.21. The molecular formula is C23H26Cl2N4O3S. The van der Waals surface area contributed by atoms with Gasteiger partial charge in [0.25, 0.3) is 5.56 Å². The van der Waals surface area contributed by atoms with Gasteiger partial charge in [0.05, 0.1) is 0 Å². The molecule has 1 saturated heterocycles. The van der Waals surface area contributed by atoms with Crippen molar-refractivity contribution in [3.05, 3.63) is 73.7 Å². The lowest BCUT2D eigenvalue weighted by molar-refractivity contribution is 0.222. The Hall–Kier alpha value is -2.13. The van der Waals surface area contributed by atoms with Gasteiger partial charge in [-0.2, -0.15) is 4.31 Å². The highest BCUT2D eigenvalue weighted by Crippen LogP contribution is 2.27. The zero-order chi connectivity index (χ0) is 23.9. The third-order valence-corrected chi connectivity index (χ3v) is 8.40. The fourth-order valence-corrected chi connectivity index (χ4v) is 6.52. The van der Waals surface area contributed by atoms with Gasteiger partial charge in [0.2, 0.25) is 10.0 Å². The summed E-state index contributed by atoms with van der Waals surface area (Å²) in [5, 5.41) is 4.04. The molecule has 1 fully saturated rings. The molecule has 4 rings (SSSR count). The SMILES string of the molecule is Cc1[nH]n(-c2ccc(S(=O)(=O)N3C[C@H](C)C[C@H](C)C3)cn2)c(=O)c1Cc1ccc(Cl)cc1Cl. The fourth-order valence-electron chi connectivity index (χ4n) is 4.41. The Morgan fingerprint density at radius 3 is 2.42 bits per heavy atom. The summed E-state index contributed by atoms with van der Waals surface area (Å²) in [4.78, 5) is 17.5. The summed E-state index contributed by atoms with van der Waals surface area (Å²) in [6.07, 6.45) is 2.66. The highest BCUT2D eigenvalue weighted by Gasteiger charge is 2.32. The second-order valence-corrected chi connectivity index (χ2v) is 11.7. The molecule has 10 heteroatoms. The van der Waals surface area contributed by atoms with Gasteiger partial charge in [-0.1, -0.05) is 43.1 Å². The van der Waals surface area contributed by atoms with Gasteiger partial charge < -0.3 is 0 Å². The molecule has 7 nitrogen and oxygen atoms in total. The van der Waals surface area contributed by atoms with Gasteiger partial charge in [-0.15, -0.1) is 0 Å². The average Bonchev–Trinajstić information content (AvgIpc) is 3.03. The zero-order valence-corrected chi connectivity index (χ0v) is 21.0. The number of nitrogens with one attached hydrogen (secondary N) is 1. The minimum absolute atomic E-state index is 0.122. The van der Waals surface area contributed by atoms with Crippen molar-refractivity contribution >= 4 is 33.2 Å². The second-order valence-electron chi connectivity index (χ2n) is 8.89. The number of hydrogen-bond donors (Lipinski definition) is 1. The van der Waals surface area contributed by atoms with Crippen molar-refractivity contribution in [1.29, 1.82) is 0 Å². The number of piperidine rings is 1. The Morgan fingerprint density at radius 2 is 1.82 bits per heavy atom. The molecule has 0 bridgehead atoms. The predicted octanol–water partition coefficient (Wildman–Crippen LogP) is 4.43. The Kier molecular flexibility index (Phi) is 6.73. The van der Waals surface area contributed by atoms with Crippen molar-refractivity contribution in [1.82, 2.24) is 19.1 Å². The minimum Gasteiger partial charge on any atom is -0.294 e. The summed E-state index contributed by atoms with van der Waals surface area (Å²) >= 11 is 12.2. The van der Waals surface area contributed by atoms with Crippen LogP contribution in [0.1, 0.15) is 37.1 Å². The van der Waals surface area contributed by atoms with Crippen LogP contribution < -0.4 is 5.56 Å². The number of aryl methyl sites for hydroxylation is 1. The van der Waals surface area contributed by atoms with E-state index in [-0.39, 0.29) is 10.5 Å². The van der Waals surface area contributed by atoms with Crippen molar-refractivity contribution in [2.75, 3.05) is 13.1 Å². The molecule has 0 aliphatic carbocycles. The quantitative estimate of drug-likeness (QED) is 0.551. The maximum absolute atomic E-state index is 13.1. The zero-order valence-electron chi connectivity index (χ0n) is 18.7. The largest absolute Gasteiger partial charge is 0.294 e. The van der Waals surface area contributed by atoms with Crippen molar-refractivity contribution in [3.8, 4) is 5.82 Å². The number of nitrogens with zero attached hydrogens (tertiary/aromatic N) is 3. The number of halogens is 2. The first-order valence-corrected chi connectivity index (χ1v) is 13.0. The van der Waals surface area contributed by atoms with Gasteiger partial charge in [-0.3, -0.25) is 9.89 Å². The van der Waals surface area contributed by atoms with E-state index in [1.165, 1.54) is 21.3 Å². The Morgan fingerprint density at radius 1 is 1.12 bits per heavy atom. The van der Waals surface area contributed by atoms with Crippen molar-refractivity contribution in [3.63, 3.8) is 0 Å². The predicted molar refractivity (Wildman–Crippen MR) is 130 cm³/mol. The summed E-state index contributed by atoms with van der Waals surface area (Å²) in [5.74, 6) is 0.934. The number of aromatic nitrogens is 3. The summed E-state index contributed by atoms with van der Waals surface area (Å²) in [7, 11) is -3.64. The van der Waals surface area contributed by atoms with Crippen LogP contribution in [0, 0.1) is 18.8 Å². The molecule has 33 heavy (non-hydrogen) atoms. The molecular weight excluding hydrogens is 483 g/mol. The van der Waals surface area contributed by atoms with Crippen LogP contribution in [0.5, 0.6) is 0 Å². The summed E-state index contributed by atoms with van der Waals surface area (Å²) < 4.78 is 29.0. The maximum Gasteiger partial charge on any atom is 0.276 e. The molecule has 1 aliphatic rings. The van der Waals surface area contributed by atoms with E-state index >= 15 is 0 Å². The first-order valence-electron chi connectivity index (χ1n) is 10.8. The van der Waals surface area contributed by atoms with Crippen LogP contribution in [-0.4, -0.2) is 40.6 Å². The average molecular weight is 509 g/mol. The number of H-pyrrole nitrogens is 1. The first kappa shape index (κ1) is 24.0. The van der Waals surface area contributed by atoms with E-state index in [0.29, 0.717) is 58.5 Å². The summed E-state index contributed by atoms with van der Waals surface area (Å²) in [5.41, 5.74) is 1.75. The molecule has 2 aromatic heterocycles. The van der Waals surface area contributed by atoms with Crippen molar-refractivity contribution in [2.24, 2.45) is 11.8 Å². The molecule has 1 N–H and O–H groups in total. The number of rotatable bonds is 5. The van der Waals surface area contributed by atoms with E-state index in [9.17, 15) is 13.2 Å². The fraction of sp³-hybridized carbons (Fsp3) is 0.391. The number of hydrogen-bond acceptors (Lipinski definition) is 4.